The molecule has 0 spiro atoms. The van der Waals surface area contributed by atoms with Crippen LogP contribution in [-0.2, 0) is 9.53 Å². The van der Waals surface area contributed by atoms with Gasteiger partial charge in [-0.2, -0.15) is 17.9 Å². The molecule has 0 fully saturated rings. The highest BCUT2D eigenvalue weighted by Gasteiger charge is 2.29. The molecule has 0 aliphatic rings. The van der Waals surface area contributed by atoms with E-state index in [1.165, 1.54) is 0 Å². The molecule has 6 nitrogen and oxygen atoms in total. The van der Waals surface area contributed by atoms with Crippen LogP contribution in [-0.4, -0.2) is 39.7 Å². The van der Waals surface area contributed by atoms with Crippen molar-refractivity contribution in [3.8, 4) is 0 Å². The normalized spacial score (nSPS) is 11.6. The summed E-state index contributed by atoms with van der Waals surface area (Å²) in [6.45, 7) is -1.62. The third-order valence-electron chi connectivity index (χ3n) is 2.76. The number of nitrogens with zero attached hydrogens (tertiary/aromatic N) is 3. The molecule has 2 aromatic rings. The Hall–Kier alpha value is -2.45. The van der Waals surface area contributed by atoms with Crippen molar-refractivity contribution in [2.75, 3.05) is 6.61 Å². The van der Waals surface area contributed by atoms with Crippen LogP contribution in [0.3, 0.4) is 0 Å². The van der Waals surface area contributed by atoms with E-state index < -0.39 is 24.7 Å². The summed E-state index contributed by atoms with van der Waals surface area (Å²) in [5.74, 6) is -1.38. The number of para-hydroxylation sites is 1. The molecule has 1 heterocycles. The van der Waals surface area contributed by atoms with E-state index in [-0.39, 0.29) is 19.3 Å². The Bertz CT molecular complexity index is 682. The van der Waals surface area contributed by atoms with E-state index in [2.05, 4.69) is 15.0 Å². The molecule has 0 aliphatic heterocycles. The SMILES string of the molecule is O=C(CCCC(=O)n1nnc2ccccc21)OCC(F)(F)F. The molecule has 0 radical (unpaired) electrons. The summed E-state index contributed by atoms with van der Waals surface area (Å²) in [5.41, 5.74) is 1.09. The van der Waals surface area contributed by atoms with Gasteiger partial charge in [0.05, 0.1) is 5.52 Å². The minimum atomic E-state index is -4.55. The van der Waals surface area contributed by atoms with Gasteiger partial charge in [-0.25, -0.2) is 0 Å². The van der Waals surface area contributed by atoms with Crippen LogP contribution in [0, 0.1) is 0 Å². The van der Waals surface area contributed by atoms with Crippen LogP contribution in [0.1, 0.15) is 24.1 Å². The number of rotatable bonds is 5. The first-order valence-corrected chi connectivity index (χ1v) is 6.43. The van der Waals surface area contributed by atoms with Crippen LogP contribution in [0.25, 0.3) is 11.0 Å². The Morgan fingerprint density at radius 3 is 2.64 bits per heavy atom. The minimum Gasteiger partial charge on any atom is -0.456 e. The first-order valence-electron chi connectivity index (χ1n) is 6.43. The van der Waals surface area contributed by atoms with Crippen LogP contribution in [0.15, 0.2) is 24.3 Å². The number of hydrogen-bond donors (Lipinski definition) is 0. The average Bonchev–Trinajstić information content (AvgIpc) is 2.88. The predicted octanol–water partition coefficient (Wildman–Crippen LogP) is 2.35. The Labute approximate surface area is 122 Å². The largest absolute Gasteiger partial charge is 0.456 e. The molecule has 0 bridgehead atoms. The van der Waals surface area contributed by atoms with Crippen molar-refractivity contribution < 1.29 is 27.5 Å². The first kappa shape index (κ1) is 15.9. The molecule has 2 rings (SSSR count). The third kappa shape index (κ3) is 4.27. The molecule has 0 atom stereocenters. The van der Waals surface area contributed by atoms with Crippen LogP contribution >= 0.6 is 0 Å². The molecule has 9 heteroatoms. The van der Waals surface area contributed by atoms with E-state index in [1.54, 1.807) is 24.3 Å². The monoisotopic (exact) mass is 315 g/mol. The lowest BCUT2D eigenvalue weighted by Gasteiger charge is -2.07. The first-order chi connectivity index (χ1) is 10.4. The fourth-order valence-electron chi connectivity index (χ4n) is 1.78. The lowest BCUT2D eigenvalue weighted by Crippen LogP contribution is -2.20. The van der Waals surface area contributed by atoms with Gasteiger partial charge in [-0.3, -0.25) is 9.59 Å². The van der Waals surface area contributed by atoms with Crippen molar-refractivity contribution in [1.82, 2.24) is 15.0 Å². The highest BCUT2D eigenvalue weighted by atomic mass is 19.4. The van der Waals surface area contributed by atoms with Gasteiger partial charge in [0.25, 0.3) is 0 Å². The Balaban J connectivity index is 1.82. The molecular weight excluding hydrogens is 303 g/mol. The molecule has 1 aromatic heterocycles. The van der Waals surface area contributed by atoms with Gasteiger partial charge in [0.15, 0.2) is 6.61 Å². The zero-order valence-electron chi connectivity index (χ0n) is 11.3. The number of esters is 1. The van der Waals surface area contributed by atoms with Crippen LogP contribution in [0.2, 0.25) is 0 Å². The lowest BCUT2D eigenvalue weighted by molar-refractivity contribution is -0.186. The molecular formula is C13H12F3N3O3. The summed E-state index contributed by atoms with van der Waals surface area (Å²) in [7, 11) is 0. The van der Waals surface area contributed by atoms with Gasteiger partial charge in [0.1, 0.15) is 5.52 Å². The van der Waals surface area contributed by atoms with Gasteiger partial charge < -0.3 is 4.74 Å². The number of halogens is 3. The topological polar surface area (TPSA) is 74.1 Å². The summed E-state index contributed by atoms with van der Waals surface area (Å²) in [6.07, 6.45) is -4.79. The Morgan fingerprint density at radius 1 is 1.18 bits per heavy atom. The molecule has 0 aliphatic carbocycles. The number of hydrogen-bond acceptors (Lipinski definition) is 5. The van der Waals surface area contributed by atoms with Gasteiger partial charge in [0.2, 0.25) is 5.91 Å². The van der Waals surface area contributed by atoms with E-state index in [0.717, 1.165) is 4.68 Å². The number of carbonyl (C=O) groups excluding carboxylic acids is 2. The average molecular weight is 315 g/mol. The fourth-order valence-corrected chi connectivity index (χ4v) is 1.78. The van der Waals surface area contributed by atoms with E-state index >= 15 is 0 Å². The van der Waals surface area contributed by atoms with Gasteiger partial charge >= 0.3 is 12.1 Å². The number of carbonyl (C=O) groups is 2. The zero-order chi connectivity index (χ0) is 16.2. The molecule has 118 valence electrons. The summed E-state index contributed by atoms with van der Waals surface area (Å²) in [6, 6.07) is 6.85. The maximum atomic E-state index is 11.9. The van der Waals surface area contributed by atoms with Gasteiger partial charge in [-0.15, -0.1) is 5.10 Å². The molecule has 0 N–H and O–H groups in total. The summed E-state index contributed by atoms with van der Waals surface area (Å²) in [5, 5.41) is 7.53. The third-order valence-corrected chi connectivity index (χ3v) is 2.76. The summed E-state index contributed by atoms with van der Waals surface area (Å²) < 4.78 is 40.7. The van der Waals surface area contributed by atoms with Crippen molar-refractivity contribution in [2.45, 2.75) is 25.4 Å². The van der Waals surface area contributed by atoms with Crippen molar-refractivity contribution in [1.29, 1.82) is 0 Å². The Morgan fingerprint density at radius 2 is 1.91 bits per heavy atom. The smallest absolute Gasteiger partial charge is 0.422 e. The maximum Gasteiger partial charge on any atom is 0.422 e. The zero-order valence-corrected chi connectivity index (χ0v) is 11.3. The molecule has 0 unspecified atom stereocenters. The standard InChI is InChI=1S/C13H12F3N3O3/c14-13(15,16)8-22-12(21)7-3-6-11(20)19-10-5-2-1-4-9(10)17-18-19/h1-2,4-5H,3,6-8H2. The number of ether oxygens (including phenoxy) is 1. The molecule has 0 saturated heterocycles. The van der Waals surface area contributed by atoms with Crippen LogP contribution in [0.4, 0.5) is 13.2 Å². The highest BCUT2D eigenvalue weighted by molar-refractivity contribution is 5.88. The molecule has 0 amide bonds. The second-order valence-electron chi connectivity index (χ2n) is 4.51. The van der Waals surface area contributed by atoms with E-state index in [9.17, 15) is 22.8 Å². The van der Waals surface area contributed by atoms with Gasteiger partial charge in [-0.05, 0) is 18.6 Å². The number of fused-ring (bicyclic) bond motifs is 1. The number of alkyl halides is 3. The van der Waals surface area contributed by atoms with Gasteiger partial charge in [-0.1, -0.05) is 17.3 Å². The predicted molar refractivity (Wildman–Crippen MR) is 69.0 cm³/mol. The summed E-state index contributed by atoms with van der Waals surface area (Å²) in [4.78, 5) is 23.0. The van der Waals surface area contributed by atoms with E-state index in [4.69, 9.17) is 0 Å². The lowest BCUT2D eigenvalue weighted by atomic mass is 10.2. The Kier molecular flexibility index (Phi) is 4.74. The number of benzene rings is 1. The van der Waals surface area contributed by atoms with Crippen LogP contribution < -0.4 is 0 Å². The fraction of sp³-hybridized carbons (Fsp3) is 0.385. The van der Waals surface area contributed by atoms with E-state index in [1.807, 2.05) is 0 Å². The second-order valence-corrected chi connectivity index (χ2v) is 4.51. The summed E-state index contributed by atoms with van der Waals surface area (Å²) >= 11 is 0. The van der Waals surface area contributed by atoms with Crippen molar-refractivity contribution in [2.24, 2.45) is 0 Å². The van der Waals surface area contributed by atoms with Gasteiger partial charge in [0, 0.05) is 12.8 Å². The molecule has 1 aromatic carbocycles. The highest BCUT2D eigenvalue weighted by Crippen LogP contribution is 2.15. The second kappa shape index (κ2) is 6.54. The van der Waals surface area contributed by atoms with Crippen molar-refractivity contribution in [3.05, 3.63) is 24.3 Å². The van der Waals surface area contributed by atoms with Crippen molar-refractivity contribution >= 4 is 22.9 Å². The molecule has 22 heavy (non-hydrogen) atoms. The molecule has 0 saturated carbocycles. The quantitative estimate of drug-likeness (QED) is 0.792. The van der Waals surface area contributed by atoms with Crippen LogP contribution in [0.5, 0.6) is 0 Å². The maximum absolute atomic E-state index is 11.9. The minimum absolute atomic E-state index is 0.0472. The van der Waals surface area contributed by atoms with Crippen molar-refractivity contribution in [3.63, 3.8) is 0 Å². The number of aromatic nitrogens is 3. The van der Waals surface area contributed by atoms with E-state index in [0.29, 0.717) is 11.0 Å².